The number of pyridine rings is 1. The van der Waals surface area contributed by atoms with E-state index in [1.807, 2.05) is 89.0 Å². The van der Waals surface area contributed by atoms with E-state index in [4.69, 9.17) is 13.8 Å². The fourth-order valence-electron chi connectivity index (χ4n) is 11.3. The minimum absolute atomic E-state index is 0.0500. The summed E-state index contributed by atoms with van der Waals surface area (Å²) >= 11 is 0. The summed E-state index contributed by atoms with van der Waals surface area (Å²) in [5.41, 5.74) is 12.9. The molecule has 0 bridgehead atoms. The van der Waals surface area contributed by atoms with E-state index >= 15 is 0 Å². The Bertz CT molecular complexity index is 4740. The molecule has 0 saturated carbocycles. The minimum atomic E-state index is -0.865. The third-order valence-corrected chi connectivity index (χ3v) is 15.7. The van der Waals surface area contributed by atoms with Gasteiger partial charge in [-0.2, -0.15) is 0 Å². The van der Waals surface area contributed by atoms with Crippen LogP contribution in [0, 0.1) is 12.2 Å². The Morgan fingerprint density at radius 1 is 0.544 bits per heavy atom. The first-order chi connectivity index (χ1) is 40.6. The van der Waals surface area contributed by atoms with E-state index in [0.717, 1.165) is 93.8 Å². The number of aromatic nitrogens is 5. The van der Waals surface area contributed by atoms with Crippen LogP contribution in [0.2, 0.25) is 0 Å². The molecule has 4 aromatic heterocycles. The molecule has 0 aliphatic heterocycles. The predicted octanol–water partition coefficient (Wildman–Crippen LogP) is 18.8. The van der Waals surface area contributed by atoms with Gasteiger partial charge in [-0.05, 0) is 110 Å². The van der Waals surface area contributed by atoms with Gasteiger partial charge >= 0.3 is 0 Å². The highest BCUT2D eigenvalue weighted by Gasteiger charge is 2.26. The first-order valence-electron chi connectivity index (χ1n) is 30.2. The molecule has 13 rings (SSSR count). The molecule has 0 radical (unpaired) electrons. The van der Waals surface area contributed by atoms with Crippen LogP contribution in [-0.4, -0.2) is 18.7 Å². The van der Waals surface area contributed by atoms with Gasteiger partial charge in [0.1, 0.15) is 17.3 Å². The number of hydrogen-bond acceptors (Lipinski definition) is 2. The summed E-state index contributed by atoms with van der Waals surface area (Å²) in [7, 11) is 0. The van der Waals surface area contributed by atoms with Crippen LogP contribution in [0.15, 0.2) is 218 Å². The topological polar surface area (TPSA) is 40.8 Å². The lowest BCUT2D eigenvalue weighted by atomic mass is 9.78. The smallest absolute Gasteiger partial charge is 0.269 e. The molecular weight excluding hydrogens is 963 g/mol. The summed E-state index contributed by atoms with van der Waals surface area (Å²) < 4.78 is 70.1. The van der Waals surface area contributed by atoms with Gasteiger partial charge in [0.2, 0.25) is 0 Å². The Labute approximate surface area is 471 Å². The summed E-state index contributed by atoms with van der Waals surface area (Å²) in [6, 6.07) is 60.4. The number of rotatable bonds is 10. The van der Waals surface area contributed by atoms with Crippen molar-refractivity contribution in [1.82, 2.24) is 18.7 Å². The molecule has 6 nitrogen and oxygen atoms in total. The van der Waals surface area contributed by atoms with E-state index in [2.05, 4.69) is 186 Å². The lowest BCUT2D eigenvalue weighted by Gasteiger charge is -2.27. The normalized spacial score (nSPS) is 14.2. The number of fused-ring (bicyclic) bond motifs is 7. The van der Waals surface area contributed by atoms with E-state index in [-0.39, 0.29) is 34.4 Å². The molecule has 0 spiro atoms. The number of hydrogen-bond donors (Lipinski definition) is 0. The molecule has 13 aromatic rings. The number of imidazole rings is 1. The van der Waals surface area contributed by atoms with Crippen LogP contribution < -0.4 is 9.30 Å². The van der Waals surface area contributed by atoms with Gasteiger partial charge in [-0.1, -0.05) is 214 Å². The van der Waals surface area contributed by atoms with Gasteiger partial charge in [-0.15, -0.1) is 0 Å². The molecule has 1 unspecified atom stereocenters. The Morgan fingerprint density at radius 2 is 1.14 bits per heavy atom. The van der Waals surface area contributed by atoms with Crippen molar-refractivity contribution in [2.45, 2.75) is 79.0 Å². The Morgan fingerprint density at radius 3 is 1.80 bits per heavy atom. The van der Waals surface area contributed by atoms with Gasteiger partial charge in [0, 0.05) is 41.2 Å². The van der Waals surface area contributed by atoms with Crippen molar-refractivity contribution in [2.75, 3.05) is 0 Å². The molecule has 0 saturated heterocycles. The molecule has 0 aliphatic rings. The number of ether oxygens (including phenoxy) is 1. The fraction of sp³-hybridized carbons (Fsp3) is 0.178. The van der Waals surface area contributed by atoms with Crippen LogP contribution in [0.1, 0.15) is 93.1 Å². The lowest BCUT2D eigenvalue weighted by molar-refractivity contribution is -0.571. The molecule has 9 aromatic carbocycles. The van der Waals surface area contributed by atoms with E-state index in [1.54, 1.807) is 0 Å². The zero-order valence-corrected chi connectivity index (χ0v) is 46.1. The van der Waals surface area contributed by atoms with E-state index in [9.17, 15) is 4.11 Å². The maximum absolute atomic E-state index is 9.46. The summed E-state index contributed by atoms with van der Waals surface area (Å²) in [6.07, 6.45) is 5.56. The van der Waals surface area contributed by atoms with Crippen LogP contribution in [0.3, 0.4) is 0 Å². The maximum Gasteiger partial charge on any atom is 0.269 e. The molecular formula is C73H65N5O. The van der Waals surface area contributed by atoms with Crippen LogP contribution in [0.4, 0.5) is 0 Å². The largest absolute Gasteiger partial charge is 0.458 e. The average molecular weight is 1030 g/mol. The van der Waals surface area contributed by atoms with Gasteiger partial charge < -0.3 is 9.30 Å². The van der Waals surface area contributed by atoms with Gasteiger partial charge in [0.05, 0.1) is 57.0 Å². The van der Waals surface area contributed by atoms with Gasteiger partial charge in [0.25, 0.3) is 6.33 Å². The molecule has 388 valence electrons. The highest BCUT2D eigenvalue weighted by atomic mass is 16.5. The summed E-state index contributed by atoms with van der Waals surface area (Å²) in [6.45, 7) is 19.4. The Hall–Kier alpha value is -9.00. The van der Waals surface area contributed by atoms with Crippen molar-refractivity contribution in [3.05, 3.63) is 241 Å². The van der Waals surface area contributed by atoms with Crippen molar-refractivity contribution in [3.63, 3.8) is 0 Å². The summed E-state index contributed by atoms with van der Waals surface area (Å²) in [4.78, 5) is 5.03. The SMILES string of the molecule is [2H]c1c([2H])c([2H])c(-c2cccc(-c3cc(C(C)(C)C)cc(C(C)(C)C)c3)c2-[n+]2[c-]n(-c3cccc(Oc4cc(-n5c6ccccc6c6ccccc65)c5c6ccccc6n(-c6cc(C([2H])(C)C(C)C)ccn6)c5c4)c3)c3ccccc32)c([2H])c1[2H]. The zero-order chi connectivity index (χ0) is 59.6. The fourth-order valence-corrected chi connectivity index (χ4v) is 11.3. The van der Waals surface area contributed by atoms with Crippen molar-refractivity contribution >= 4 is 54.6 Å². The standard InChI is InChI=1S/C73H65N5O/c1-47(2)48(3)50-37-38-74-69(41-50)78-64-34-18-15-29-61(64)70-67(77-62-32-16-13-27-59(62)60-28-14-17-33-63(60)77)44-56(45-68(70)78)79-55-26-21-25-54(43-55)75-46-76(66-36-20-19-35-65(66)75)71-57(49-23-11-10-12-24-49)30-22-31-58(71)51-39-52(72(4,5)6)42-53(40-51)73(7,8)9/h10-45,47-48H,1-9H3/i10D,11D,12D,23D,24D,48D. The number of para-hydroxylation sites is 6. The quantitative estimate of drug-likeness (QED) is 0.101. The minimum Gasteiger partial charge on any atom is -0.458 e. The average Bonchev–Trinajstić information content (AvgIpc) is 2.05. The molecule has 0 amide bonds. The van der Waals surface area contributed by atoms with E-state index < -0.39 is 24.0 Å². The molecule has 79 heavy (non-hydrogen) atoms. The van der Waals surface area contributed by atoms with Crippen molar-refractivity contribution in [3.8, 4) is 56.6 Å². The van der Waals surface area contributed by atoms with Gasteiger partial charge in [0.15, 0.2) is 0 Å². The molecule has 0 N–H and O–H groups in total. The molecule has 6 heteroatoms. The highest BCUT2D eigenvalue weighted by molar-refractivity contribution is 6.16. The first kappa shape index (κ1) is 43.0. The van der Waals surface area contributed by atoms with E-state index in [1.165, 1.54) is 0 Å². The van der Waals surface area contributed by atoms with Crippen molar-refractivity contribution < 1.29 is 17.5 Å². The Balaban J connectivity index is 1.03. The van der Waals surface area contributed by atoms with Crippen molar-refractivity contribution in [1.29, 1.82) is 0 Å². The van der Waals surface area contributed by atoms with E-state index in [0.29, 0.717) is 28.6 Å². The molecule has 4 heterocycles. The molecule has 1 atom stereocenters. The number of benzene rings is 9. The second-order valence-corrected chi connectivity index (χ2v) is 23.2. The monoisotopic (exact) mass is 1030 g/mol. The summed E-state index contributed by atoms with van der Waals surface area (Å²) in [5.74, 6) is 1.05. The lowest BCUT2D eigenvalue weighted by Crippen LogP contribution is -2.31. The van der Waals surface area contributed by atoms with Crippen molar-refractivity contribution in [2.24, 2.45) is 5.92 Å². The van der Waals surface area contributed by atoms with Crippen LogP contribution in [0.5, 0.6) is 11.5 Å². The second-order valence-electron chi connectivity index (χ2n) is 23.2. The van der Waals surface area contributed by atoms with Crippen LogP contribution in [-0.2, 0) is 10.8 Å². The number of nitrogens with zero attached hydrogens (tertiary/aromatic N) is 5. The molecule has 0 fully saturated rings. The second kappa shape index (κ2) is 19.2. The van der Waals surface area contributed by atoms with Crippen LogP contribution in [0.25, 0.3) is 99.8 Å². The Kier molecular flexibility index (Phi) is 10.4. The third kappa shape index (κ3) is 8.67. The van der Waals surface area contributed by atoms with Crippen LogP contribution >= 0.6 is 0 Å². The van der Waals surface area contributed by atoms with Gasteiger partial charge in [-0.3, -0.25) is 13.7 Å². The highest BCUT2D eigenvalue weighted by Crippen LogP contribution is 2.44. The third-order valence-electron chi connectivity index (χ3n) is 15.7. The van der Waals surface area contributed by atoms with Gasteiger partial charge in [-0.25, -0.2) is 4.98 Å². The summed E-state index contributed by atoms with van der Waals surface area (Å²) in [5, 5.41) is 4.34. The predicted molar refractivity (Wildman–Crippen MR) is 328 cm³/mol. The first-order valence-corrected chi connectivity index (χ1v) is 27.2. The zero-order valence-electron chi connectivity index (χ0n) is 52.1. The molecule has 0 aliphatic carbocycles. The maximum atomic E-state index is 9.46.